The fourth-order valence-corrected chi connectivity index (χ4v) is 2.80. The highest BCUT2D eigenvalue weighted by Gasteiger charge is 2.13. The lowest BCUT2D eigenvalue weighted by molar-refractivity contribution is 0.204. The van der Waals surface area contributed by atoms with E-state index in [0.29, 0.717) is 25.0 Å². The largest absolute Gasteiger partial charge is 0.383 e. The quantitative estimate of drug-likeness (QED) is 0.347. The molecule has 0 bridgehead atoms. The molecule has 0 spiro atoms. The van der Waals surface area contributed by atoms with E-state index in [9.17, 15) is 8.42 Å². The molecule has 0 atom stereocenters. The zero-order valence-electron chi connectivity index (χ0n) is 13.9. The highest BCUT2D eigenvalue weighted by Crippen LogP contribution is 2.12. The van der Waals surface area contributed by atoms with Gasteiger partial charge in [-0.3, -0.25) is 0 Å². The maximum atomic E-state index is 12.1. The number of nitrogens with one attached hydrogen (secondary N) is 2. The lowest BCUT2D eigenvalue weighted by Crippen LogP contribution is -2.34. The second-order valence-electron chi connectivity index (χ2n) is 5.51. The fourth-order valence-electron chi connectivity index (χ4n) is 1.71. The van der Waals surface area contributed by atoms with E-state index >= 15 is 0 Å². The van der Waals surface area contributed by atoms with Crippen LogP contribution in [0.2, 0.25) is 0 Å². The number of guanidine groups is 1. The van der Waals surface area contributed by atoms with E-state index in [1.165, 1.54) is 7.11 Å². The van der Waals surface area contributed by atoms with Gasteiger partial charge in [0.25, 0.3) is 0 Å². The Kier molecular flexibility index (Phi) is 8.01. The van der Waals surface area contributed by atoms with Crippen LogP contribution in [-0.2, 0) is 21.3 Å². The minimum Gasteiger partial charge on any atom is -0.383 e. The summed E-state index contributed by atoms with van der Waals surface area (Å²) >= 11 is 0. The maximum absolute atomic E-state index is 12.1. The van der Waals surface area contributed by atoms with Gasteiger partial charge >= 0.3 is 0 Å². The Morgan fingerprint density at radius 3 is 2.78 bits per heavy atom. The maximum Gasteiger partial charge on any atom is 0.240 e. The monoisotopic (exact) mass is 342 g/mol. The highest BCUT2D eigenvalue weighted by molar-refractivity contribution is 7.89. The van der Waals surface area contributed by atoms with Crippen LogP contribution >= 0.6 is 0 Å². The van der Waals surface area contributed by atoms with Crippen LogP contribution in [0, 0.1) is 5.92 Å². The van der Waals surface area contributed by atoms with E-state index in [1.54, 1.807) is 18.2 Å². The van der Waals surface area contributed by atoms with Crippen molar-refractivity contribution in [2.45, 2.75) is 25.3 Å². The van der Waals surface area contributed by atoms with E-state index in [1.807, 2.05) is 6.07 Å². The van der Waals surface area contributed by atoms with Gasteiger partial charge in [-0.1, -0.05) is 26.0 Å². The van der Waals surface area contributed by atoms with Gasteiger partial charge in [0, 0.05) is 20.2 Å². The average Bonchev–Trinajstić information content (AvgIpc) is 2.51. The van der Waals surface area contributed by atoms with Crippen LogP contribution in [0.1, 0.15) is 19.4 Å². The average molecular weight is 342 g/mol. The van der Waals surface area contributed by atoms with Gasteiger partial charge in [-0.2, -0.15) is 0 Å². The van der Waals surface area contributed by atoms with E-state index in [4.69, 9.17) is 10.5 Å². The summed E-state index contributed by atoms with van der Waals surface area (Å²) in [6.07, 6.45) is 0. The van der Waals surface area contributed by atoms with Gasteiger partial charge in [0.05, 0.1) is 18.0 Å². The van der Waals surface area contributed by atoms with Crippen molar-refractivity contribution in [2.24, 2.45) is 16.6 Å². The lowest BCUT2D eigenvalue weighted by atomic mass is 10.2. The van der Waals surface area contributed by atoms with Crippen molar-refractivity contribution in [1.82, 2.24) is 10.0 Å². The molecule has 8 heteroatoms. The first-order valence-corrected chi connectivity index (χ1v) is 8.95. The lowest BCUT2D eigenvalue weighted by Gasteiger charge is -2.09. The zero-order chi connectivity index (χ0) is 17.3. The molecule has 1 aromatic carbocycles. The molecule has 1 aromatic rings. The molecule has 0 heterocycles. The first-order chi connectivity index (χ1) is 10.8. The Balaban J connectivity index is 2.71. The molecular formula is C15H26N4O3S. The SMILES string of the molecule is COCCNS(=O)(=O)c1cccc(CN=C(N)NCC(C)C)c1. The number of aliphatic imine (C=N–C) groups is 1. The smallest absolute Gasteiger partial charge is 0.240 e. The van der Waals surface area contributed by atoms with Crippen LogP contribution in [0.4, 0.5) is 0 Å². The van der Waals surface area contributed by atoms with Crippen molar-refractivity contribution in [2.75, 3.05) is 26.8 Å². The van der Waals surface area contributed by atoms with Crippen LogP contribution in [0.3, 0.4) is 0 Å². The molecule has 7 nitrogen and oxygen atoms in total. The Morgan fingerprint density at radius 2 is 2.13 bits per heavy atom. The molecule has 0 aliphatic heterocycles. The molecule has 0 aliphatic carbocycles. The number of methoxy groups -OCH3 is 1. The highest BCUT2D eigenvalue weighted by atomic mass is 32.2. The third kappa shape index (κ3) is 7.45. The zero-order valence-corrected chi connectivity index (χ0v) is 14.7. The molecule has 0 fully saturated rings. The summed E-state index contributed by atoms with van der Waals surface area (Å²) in [5.74, 6) is 0.820. The van der Waals surface area contributed by atoms with Gasteiger partial charge in [-0.15, -0.1) is 0 Å². The van der Waals surface area contributed by atoms with Crippen molar-refractivity contribution >= 4 is 16.0 Å². The summed E-state index contributed by atoms with van der Waals surface area (Å²) in [7, 11) is -2.02. The Bertz CT molecular complexity index is 615. The van der Waals surface area contributed by atoms with E-state index in [0.717, 1.165) is 12.1 Å². The molecule has 0 unspecified atom stereocenters. The number of hydrogen-bond donors (Lipinski definition) is 3. The van der Waals surface area contributed by atoms with Crippen LogP contribution in [0.25, 0.3) is 0 Å². The number of hydrogen-bond acceptors (Lipinski definition) is 4. The summed E-state index contributed by atoms with van der Waals surface area (Å²) in [5, 5.41) is 3.01. The van der Waals surface area contributed by atoms with Crippen LogP contribution in [0.15, 0.2) is 34.2 Å². The van der Waals surface area contributed by atoms with Crippen molar-refractivity contribution in [3.05, 3.63) is 29.8 Å². The minimum absolute atomic E-state index is 0.204. The Labute approximate surface area is 138 Å². The Morgan fingerprint density at radius 1 is 1.39 bits per heavy atom. The molecule has 130 valence electrons. The number of nitrogens with two attached hydrogens (primary N) is 1. The number of nitrogens with zero attached hydrogens (tertiary/aromatic N) is 1. The second kappa shape index (κ2) is 9.49. The molecule has 0 radical (unpaired) electrons. The van der Waals surface area contributed by atoms with Crippen molar-refractivity contribution in [1.29, 1.82) is 0 Å². The topological polar surface area (TPSA) is 106 Å². The first kappa shape index (κ1) is 19.4. The van der Waals surface area contributed by atoms with E-state index in [-0.39, 0.29) is 11.4 Å². The molecule has 0 saturated heterocycles. The number of sulfonamides is 1. The number of benzene rings is 1. The predicted molar refractivity (Wildman–Crippen MR) is 91.7 cm³/mol. The van der Waals surface area contributed by atoms with E-state index < -0.39 is 10.0 Å². The summed E-state index contributed by atoms with van der Waals surface area (Å²) in [4.78, 5) is 4.42. The first-order valence-electron chi connectivity index (χ1n) is 7.46. The minimum atomic E-state index is -3.54. The summed E-state index contributed by atoms with van der Waals surface area (Å²) in [6, 6.07) is 6.64. The summed E-state index contributed by atoms with van der Waals surface area (Å²) < 4.78 is 31.6. The van der Waals surface area contributed by atoms with Gasteiger partial charge in [0.15, 0.2) is 5.96 Å². The fraction of sp³-hybridized carbons (Fsp3) is 0.533. The molecule has 0 aromatic heterocycles. The van der Waals surface area contributed by atoms with Crippen molar-refractivity contribution < 1.29 is 13.2 Å². The van der Waals surface area contributed by atoms with Gasteiger partial charge < -0.3 is 15.8 Å². The number of ether oxygens (including phenoxy) is 1. The van der Waals surface area contributed by atoms with Crippen molar-refractivity contribution in [3.8, 4) is 0 Å². The molecule has 0 aliphatic rings. The van der Waals surface area contributed by atoms with Gasteiger partial charge in [-0.25, -0.2) is 18.1 Å². The van der Waals surface area contributed by atoms with E-state index in [2.05, 4.69) is 28.9 Å². The standard InChI is InChI=1S/C15H26N4O3S/c1-12(2)10-17-15(16)18-11-13-5-4-6-14(9-13)23(20,21)19-7-8-22-3/h4-6,9,12,19H,7-8,10-11H2,1-3H3,(H3,16,17,18). The predicted octanol–water partition coefficient (Wildman–Crippen LogP) is 0.672. The molecule has 4 N–H and O–H groups in total. The second-order valence-corrected chi connectivity index (χ2v) is 7.28. The van der Waals surface area contributed by atoms with Gasteiger partial charge in [0.2, 0.25) is 10.0 Å². The molecule has 0 amide bonds. The number of rotatable bonds is 9. The van der Waals surface area contributed by atoms with Crippen LogP contribution < -0.4 is 15.8 Å². The summed E-state index contributed by atoms with van der Waals surface area (Å²) in [6.45, 7) is 5.76. The van der Waals surface area contributed by atoms with Gasteiger partial charge in [0.1, 0.15) is 0 Å². The van der Waals surface area contributed by atoms with Crippen molar-refractivity contribution in [3.63, 3.8) is 0 Å². The van der Waals surface area contributed by atoms with Crippen LogP contribution in [0.5, 0.6) is 0 Å². The molecule has 1 rings (SSSR count). The molecule has 23 heavy (non-hydrogen) atoms. The molecular weight excluding hydrogens is 316 g/mol. The normalized spacial score (nSPS) is 12.6. The molecule has 0 saturated carbocycles. The third-order valence-electron chi connectivity index (χ3n) is 2.93. The summed E-state index contributed by atoms with van der Waals surface area (Å²) in [5.41, 5.74) is 6.54. The third-order valence-corrected chi connectivity index (χ3v) is 4.39. The van der Waals surface area contributed by atoms with Crippen LogP contribution in [-0.4, -0.2) is 41.2 Å². The van der Waals surface area contributed by atoms with Gasteiger partial charge in [-0.05, 0) is 23.6 Å². The Hall–Kier alpha value is -1.64.